The average molecular weight is 854 g/mol. The van der Waals surface area contributed by atoms with Crippen LogP contribution in [-0.2, 0) is 47.7 Å². The molecule has 1 atom stereocenters. The zero-order valence-electron chi connectivity index (χ0n) is 39.9. The van der Waals surface area contributed by atoms with E-state index in [1.807, 2.05) is 19.0 Å². The SMILES string of the molecule is CCCCCCCCC(C(=O)OC)C(=O)OCC(COC(=O)CCCN(C)C)(COC(=O)CC(CCCCC)CCCCC)COC(=O)CC(CCCCC)CCCCC. The van der Waals surface area contributed by atoms with Crippen LogP contribution in [0.3, 0.4) is 0 Å². The summed E-state index contributed by atoms with van der Waals surface area (Å²) in [4.78, 5) is 68.9. The molecule has 352 valence electrons. The van der Waals surface area contributed by atoms with Gasteiger partial charge in [0.05, 0.1) is 7.11 Å². The van der Waals surface area contributed by atoms with Crippen LogP contribution in [0.5, 0.6) is 0 Å². The van der Waals surface area contributed by atoms with Gasteiger partial charge in [-0.1, -0.05) is 150 Å². The molecule has 0 N–H and O–H groups in total. The predicted octanol–water partition coefficient (Wildman–Crippen LogP) is 11.4. The van der Waals surface area contributed by atoms with Crippen LogP contribution < -0.4 is 0 Å². The van der Waals surface area contributed by atoms with Gasteiger partial charge in [0.1, 0.15) is 31.8 Å². The number of carbonyl (C=O) groups is 5. The monoisotopic (exact) mass is 854 g/mol. The Hall–Kier alpha value is -2.69. The number of methoxy groups -OCH3 is 1. The fraction of sp³-hybridized carbons (Fsp3) is 0.898. The van der Waals surface area contributed by atoms with Crippen molar-refractivity contribution in [3.8, 4) is 0 Å². The van der Waals surface area contributed by atoms with Crippen molar-refractivity contribution in [3.63, 3.8) is 0 Å². The highest BCUT2D eigenvalue weighted by Crippen LogP contribution is 2.28. The van der Waals surface area contributed by atoms with Crippen molar-refractivity contribution >= 4 is 29.8 Å². The van der Waals surface area contributed by atoms with Crippen molar-refractivity contribution in [2.75, 3.05) is 54.2 Å². The summed E-state index contributed by atoms with van der Waals surface area (Å²) in [5.74, 6) is -3.49. The molecule has 0 amide bonds. The molecule has 0 saturated carbocycles. The van der Waals surface area contributed by atoms with E-state index >= 15 is 0 Å². The predicted molar refractivity (Wildman–Crippen MR) is 240 cm³/mol. The number of unbranched alkanes of at least 4 members (excludes halogenated alkanes) is 13. The van der Waals surface area contributed by atoms with E-state index in [0.29, 0.717) is 19.4 Å². The molecule has 0 rings (SSSR count). The summed E-state index contributed by atoms with van der Waals surface area (Å²) in [6, 6.07) is 0. The average Bonchev–Trinajstić information content (AvgIpc) is 3.22. The van der Waals surface area contributed by atoms with Crippen LogP contribution in [0.4, 0.5) is 0 Å². The number of hydrogen-bond donors (Lipinski definition) is 0. The molecule has 0 aromatic heterocycles. The quantitative estimate of drug-likeness (QED) is 0.0252. The number of carbonyl (C=O) groups excluding carboxylic acids is 5. The Morgan fingerprint density at radius 3 is 1.23 bits per heavy atom. The molecule has 0 bridgehead atoms. The molecule has 11 nitrogen and oxygen atoms in total. The number of ether oxygens (including phenoxy) is 5. The van der Waals surface area contributed by atoms with Crippen LogP contribution in [0.15, 0.2) is 0 Å². The first-order valence-corrected chi connectivity index (χ1v) is 24.3. The molecule has 11 heteroatoms. The Kier molecular flexibility index (Phi) is 36.3. The standard InChI is InChI=1S/C49H91NO10/c1-9-14-19-20-21-26-32-43(47(54)56-8)48(55)60-40-49(37-57-44(51)33-27-34-50(6)7,38-58-45(52)35-41(28-22-15-10-2)29-23-16-11-3)39-59-46(53)36-42(30-24-17-12-4)31-25-18-13-5/h41-43H,9-40H2,1-8H3. The molecule has 0 aromatic carbocycles. The zero-order chi connectivity index (χ0) is 44.9. The summed E-state index contributed by atoms with van der Waals surface area (Å²) >= 11 is 0. The van der Waals surface area contributed by atoms with E-state index in [0.717, 1.165) is 135 Å². The minimum atomic E-state index is -1.40. The van der Waals surface area contributed by atoms with Gasteiger partial charge in [0.2, 0.25) is 0 Å². The molecule has 0 fully saturated rings. The maximum Gasteiger partial charge on any atom is 0.320 e. The summed E-state index contributed by atoms with van der Waals surface area (Å²) in [5.41, 5.74) is -1.40. The highest BCUT2D eigenvalue weighted by molar-refractivity contribution is 5.94. The van der Waals surface area contributed by atoms with Gasteiger partial charge in [-0.05, 0) is 71.0 Å². The van der Waals surface area contributed by atoms with Crippen molar-refractivity contribution < 1.29 is 47.7 Å². The number of nitrogens with zero attached hydrogens (tertiary/aromatic N) is 1. The topological polar surface area (TPSA) is 135 Å². The minimum Gasteiger partial charge on any atom is -0.468 e. The van der Waals surface area contributed by atoms with Gasteiger partial charge in [0, 0.05) is 19.3 Å². The second-order valence-electron chi connectivity index (χ2n) is 17.8. The molecule has 0 radical (unpaired) electrons. The molecule has 0 aliphatic carbocycles. The lowest BCUT2D eigenvalue weighted by atomic mass is 9.90. The Morgan fingerprint density at radius 1 is 0.450 bits per heavy atom. The molecule has 0 aliphatic rings. The van der Waals surface area contributed by atoms with Crippen molar-refractivity contribution in [1.82, 2.24) is 4.90 Å². The molecule has 0 heterocycles. The highest BCUT2D eigenvalue weighted by Gasteiger charge is 2.40. The Morgan fingerprint density at radius 2 is 0.817 bits per heavy atom. The molecular weight excluding hydrogens is 763 g/mol. The second kappa shape index (κ2) is 38.0. The van der Waals surface area contributed by atoms with Gasteiger partial charge < -0.3 is 28.6 Å². The summed E-state index contributed by atoms with van der Waals surface area (Å²) in [6.07, 6.45) is 24.0. The van der Waals surface area contributed by atoms with Gasteiger partial charge in [0.15, 0.2) is 5.92 Å². The van der Waals surface area contributed by atoms with E-state index in [9.17, 15) is 24.0 Å². The fourth-order valence-electron chi connectivity index (χ4n) is 7.51. The number of hydrogen-bond acceptors (Lipinski definition) is 11. The van der Waals surface area contributed by atoms with Crippen molar-refractivity contribution in [1.29, 1.82) is 0 Å². The summed E-state index contributed by atoms with van der Waals surface area (Å²) < 4.78 is 28.7. The fourth-order valence-corrected chi connectivity index (χ4v) is 7.51. The Bertz CT molecular complexity index is 1050. The molecule has 60 heavy (non-hydrogen) atoms. The van der Waals surface area contributed by atoms with Crippen molar-refractivity contribution in [3.05, 3.63) is 0 Å². The Balaban J connectivity index is 6.55. The molecule has 0 aromatic rings. The van der Waals surface area contributed by atoms with E-state index in [-0.39, 0.29) is 57.3 Å². The molecular formula is C49H91NO10. The lowest BCUT2D eigenvalue weighted by Gasteiger charge is -2.32. The normalized spacial score (nSPS) is 12.2. The van der Waals surface area contributed by atoms with Crippen LogP contribution in [0.25, 0.3) is 0 Å². The minimum absolute atomic E-state index is 0.157. The van der Waals surface area contributed by atoms with Crippen LogP contribution >= 0.6 is 0 Å². The second-order valence-corrected chi connectivity index (χ2v) is 17.8. The summed E-state index contributed by atoms with van der Waals surface area (Å²) in [7, 11) is 5.11. The third-order valence-corrected chi connectivity index (χ3v) is 11.5. The summed E-state index contributed by atoms with van der Waals surface area (Å²) in [6.45, 7) is 10.2. The van der Waals surface area contributed by atoms with Gasteiger partial charge in [-0.3, -0.25) is 24.0 Å². The van der Waals surface area contributed by atoms with E-state index < -0.39 is 47.8 Å². The van der Waals surface area contributed by atoms with E-state index in [1.54, 1.807) is 0 Å². The molecule has 0 saturated heterocycles. The van der Waals surface area contributed by atoms with Gasteiger partial charge in [-0.15, -0.1) is 0 Å². The maximum atomic E-state index is 13.7. The molecule has 1 unspecified atom stereocenters. The van der Waals surface area contributed by atoms with Gasteiger partial charge in [0.25, 0.3) is 0 Å². The van der Waals surface area contributed by atoms with E-state index in [4.69, 9.17) is 23.7 Å². The first kappa shape index (κ1) is 57.3. The number of rotatable bonds is 41. The van der Waals surface area contributed by atoms with Gasteiger partial charge >= 0.3 is 29.8 Å². The first-order chi connectivity index (χ1) is 28.9. The van der Waals surface area contributed by atoms with Crippen molar-refractivity contribution in [2.45, 2.75) is 208 Å². The lowest BCUT2D eigenvalue weighted by molar-refractivity contribution is -0.174. The van der Waals surface area contributed by atoms with Crippen LogP contribution in [0.1, 0.15) is 208 Å². The Labute approximate surface area is 366 Å². The van der Waals surface area contributed by atoms with E-state index in [2.05, 4.69) is 34.6 Å². The van der Waals surface area contributed by atoms with Crippen LogP contribution in [0, 0.1) is 23.2 Å². The third kappa shape index (κ3) is 30.4. The summed E-state index contributed by atoms with van der Waals surface area (Å²) in [5, 5.41) is 0. The van der Waals surface area contributed by atoms with Crippen molar-refractivity contribution in [2.24, 2.45) is 23.2 Å². The molecule has 0 aliphatic heterocycles. The van der Waals surface area contributed by atoms with Crippen LogP contribution in [-0.4, -0.2) is 88.9 Å². The third-order valence-electron chi connectivity index (χ3n) is 11.5. The smallest absolute Gasteiger partial charge is 0.320 e. The first-order valence-electron chi connectivity index (χ1n) is 24.3. The van der Waals surface area contributed by atoms with Gasteiger partial charge in [-0.2, -0.15) is 0 Å². The maximum absolute atomic E-state index is 13.7. The largest absolute Gasteiger partial charge is 0.468 e. The highest BCUT2D eigenvalue weighted by atomic mass is 16.6. The van der Waals surface area contributed by atoms with Crippen LogP contribution in [0.2, 0.25) is 0 Å². The zero-order valence-corrected chi connectivity index (χ0v) is 39.9. The lowest BCUT2D eigenvalue weighted by Crippen LogP contribution is -2.45. The number of esters is 5. The molecule has 0 spiro atoms. The van der Waals surface area contributed by atoms with E-state index in [1.165, 1.54) is 7.11 Å². The van der Waals surface area contributed by atoms with Gasteiger partial charge in [-0.25, -0.2) is 0 Å².